The molecule has 1 aliphatic carbocycles. The summed E-state index contributed by atoms with van der Waals surface area (Å²) in [5, 5.41) is 12.4. The fourth-order valence-electron chi connectivity index (χ4n) is 5.34. The van der Waals surface area contributed by atoms with Gasteiger partial charge in [0, 0.05) is 19.0 Å². The number of hydrogen-bond donors (Lipinski definition) is 2. The molecule has 2 aromatic rings. The van der Waals surface area contributed by atoms with Crippen LogP contribution in [-0.2, 0) is 14.3 Å². The van der Waals surface area contributed by atoms with Crippen molar-refractivity contribution in [2.45, 2.75) is 57.9 Å². The van der Waals surface area contributed by atoms with E-state index in [4.69, 9.17) is 4.74 Å². The van der Waals surface area contributed by atoms with Crippen molar-refractivity contribution in [3.8, 4) is 11.1 Å². The molecule has 0 bridgehead atoms. The van der Waals surface area contributed by atoms with E-state index >= 15 is 0 Å². The maximum Gasteiger partial charge on any atom is 0.407 e. The van der Waals surface area contributed by atoms with Crippen LogP contribution in [0.1, 0.15) is 63.0 Å². The standard InChI is InChI=1S/C28H34N2O5/c1-3-5-14-24(25(31)30-16-15-28(4-2,18-30)26(32)33)29-27(34)35-17-23-21-12-8-6-10-19(21)20-11-7-9-13-22(20)23/h6-13,23-24H,3-5,14-18H2,1-2H3,(H,29,34)(H,32,33). The van der Waals surface area contributed by atoms with Crippen molar-refractivity contribution in [3.05, 3.63) is 59.7 Å². The number of nitrogens with zero attached hydrogens (tertiary/aromatic N) is 1. The van der Waals surface area contributed by atoms with Crippen LogP contribution in [0.25, 0.3) is 11.1 Å². The second kappa shape index (κ2) is 10.5. The molecule has 7 heteroatoms. The summed E-state index contributed by atoms with van der Waals surface area (Å²) in [6.07, 6.45) is 2.40. The molecule has 0 saturated carbocycles. The van der Waals surface area contributed by atoms with Gasteiger partial charge in [0.25, 0.3) is 0 Å². The lowest BCUT2D eigenvalue weighted by Gasteiger charge is -2.26. The Morgan fingerprint density at radius 1 is 1.09 bits per heavy atom. The first-order valence-corrected chi connectivity index (χ1v) is 12.5. The number of likely N-dealkylation sites (tertiary alicyclic amines) is 1. The van der Waals surface area contributed by atoms with Crippen LogP contribution in [0.15, 0.2) is 48.5 Å². The molecule has 7 nitrogen and oxygen atoms in total. The van der Waals surface area contributed by atoms with Crippen molar-refractivity contribution in [1.29, 1.82) is 0 Å². The number of amides is 2. The van der Waals surface area contributed by atoms with Crippen LogP contribution in [0.5, 0.6) is 0 Å². The van der Waals surface area contributed by atoms with Crippen LogP contribution in [0.2, 0.25) is 0 Å². The summed E-state index contributed by atoms with van der Waals surface area (Å²) < 4.78 is 5.65. The molecule has 2 N–H and O–H groups in total. The quantitative estimate of drug-likeness (QED) is 0.540. The van der Waals surface area contributed by atoms with Crippen molar-refractivity contribution >= 4 is 18.0 Å². The Kier molecular flexibility index (Phi) is 7.43. The van der Waals surface area contributed by atoms with Gasteiger partial charge in [-0.15, -0.1) is 0 Å². The molecule has 0 radical (unpaired) electrons. The Morgan fingerprint density at radius 2 is 1.71 bits per heavy atom. The monoisotopic (exact) mass is 478 g/mol. The molecule has 2 unspecified atom stereocenters. The lowest BCUT2D eigenvalue weighted by molar-refractivity contribution is -0.148. The SMILES string of the molecule is CCCCC(NC(=O)OCC1c2ccccc2-c2ccccc21)C(=O)N1CCC(CC)(C(=O)O)C1. The molecule has 2 aliphatic rings. The van der Waals surface area contributed by atoms with E-state index in [9.17, 15) is 19.5 Å². The Hall–Kier alpha value is -3.35. The van der Waals surface area contributed by atoms with Crippen LogP contribution in [-0.4, -0.2) is 53.7 Å². The molecule has 1 heterocycles. The summed E-state index contributed by atoms with van der Waals surface area (Å²) in [6.45, 7) is 4.60. The van der Waals surface area contributed by atoms with Gasteiger partial charge in [-0.05, 0) is 41.5 Å². The van der Waals surface area contributed by atoms with Gasteiger partial charge in [-0.1, -0.05) is 75.2 Å². The number of aliphatic carboxylic acids is 1. The fourth-order valence-corrected chi connectivity index (χ4v) is 5.34. The van der Waals surface area contributed by atoms with Crippen molar-refractivity contribution in [3.63, 3.8) is 0 Å². The minimum absolute atomic E-state index is 0.0581. The van der Waals surface area contributed by atoms with Gasteiger partial charge >= 0.3 is 12.1 Å². The number of carbonyl (C=O) groups excluding carboxylic acids is 2. The van der Waals surface area contributed by atoms with E-state index < -0.39 is 23.5 Å². The molecule has 35 heavy (non-hydrogen) atoms. The van der Waals surface area contributed by atoms with E-state index in [1.807, 2.05) is 38.1 Å². The number of alkyl carbamates (subject to hydrolysis) is 1. The summed E-state index contributed by atoms with van der Waals surface area (Å²) in [5.41, 5.74) is 3.65. The third-order valence-electron chi connectivity index (χ3n) is 7.58. The van der Waals surface area contributed by atoms with Crippen LogP contribution in [0, 0.1) is 5.41 Å². The summed E-state index contributed by atoms with van der Waals surface area (Å²) >= 11 is 0. The molecular weight excluding hydrogens is 444 g/mol. The second-order valence-corrected chi connectivity index (χ2v) is 9.61. The van der Waals surface area contributed by atoms with Gasteiger partial charge in [-0.2, -0.15) is 0 Å². The topological polar surface area (TPSA) is 95.9 Å². The van der Waals surface area contributed by atoms with Gasteiger partial charge in [-0.25, -0.2) is 4.79 Å². The van der Waals surface area contributed by atoms with E-state index in [0.717, 1.165) is 35.1 Å². The zero-order chi connectivity index (χ0) is 25.0. The number of benzene rings is 2. The zero-order valence-corrected chi connectivity index (χ0v) is 20.5. The largest absolute Gasteiger partial charge is 0.481 e. The first-order chi connectivity index (χ1) is 16.9. The van der Waals surface area contributed by atoms with E-state index in [0.29, 0.717) is 25.8 Å². The van der Waals surface area contributed by atoms with Gasteiger partial charge in [0.15, 0.2) is 0 Å². The van der Waals surface area contributed by atoms with Crippen molar-refractivity contribution < 1.29 is 24.2 Å². The first kappa shape index (κ1) is 24.8. The highest BCUT2D eigenvalue weighted by Gasteiger charge is 2.45. The van der Waals surface area contributed by atoms with Gasteiger partial charge in [0.1, 0.15) is 12.6 Å². The molecule has 4 rings (SSSR count). The average molecular weight is 479 g/mol. The number of fused-ring (bicyclic) bond motifs is 3. The minimum atomic E-state index is -0.908. The van der Waals surface area contributed by atoms with E-state index in [1.54, 1.807) is 4.90 Å². The smallest absolute Gasteiger partial charge is 0.407 e. The summed E-state index contributed by atoms with van der Waals surface area (Å²) in [5.74, 6) is -1.16. The Bertz CT molecular complexity index is 1050. The third kappa shape index (κ3) is 4.90. The number of unbranched alkanes of at least 4 members (excludes halogenated alkanes) is 1. The highest BCUT2D eigenvalue weighted by molar-refractivity contribution is 5.87. The number of ether oxygens (including phenoxy) is 1. The predicted molar refractivity (Wildman–Crippen MR) is 133 cm³/mol. The van der Waals surface area contributed by atoms with Crippen molar-refractivity contribution in [1.82, 2.24) is 10.2 Å². The maximum atomic E-state index is 13.3. The van der Waals surface area contributed by atoms with Crippen molar-refractivity contribution in [2.75, 3.05) is 19.7 Å². The Balaban J connectivity index is 1.42. The van der Waals surface area contributed by atoms with Crippen LogP contribution in [0.4, 0.5) is 4.79 Å². The number of hydrogen-bond acceptors (Lipinski definition) is 4. The van der Waals surface area contributed by atoms with Gasteiger partial charge in [0.2, 0.25) is 5.91 Å². The van der Waals surface area contributed by atoms with Crippen LogP contribution < -0.4 is 5.32 Å². The maximum absolute atomic E-state index is 13.3. The molecule has 2 amide bonds. The molecule has 186 valence electrons. The van der Waals surface area contributed by atoms with E-state index in [2.05, 4.69) is 29.6 Å². The van der Waals surface area contributed by atoms with E-state index in [-0.39, 0.29) is 25.0 Å². The lowest BCUT2D eigenvalue weighted by Crippen LogP contribution is -2.49. The normalized spacial score (nSPS) is 19.7. The lowest BCUT2D eigenvalue weighted by atomic mass is 9.84. The number of carbonyl (C=O) groups is 3. The molecule has 1 saturated heterocycles. The molecule has 0 aromatic heterocycles. The second-order valence-electron chi connectivity index (χ2n) is 9.61. The molecular formula is C28H34N2O5. The summed E-state index contributed by atoms with van der Waals surface area (Å²) in [4.78, 5) is 39.5. The number of carboxylic acid groups (broad SMARTS) is 1. The van der Waals surface area contributed by atoms with Gasteiger partial charge in [0.05, 0.1) is 5.41 Å². The highest BCUT2D eigenvalue weighted by atomic mass is 16.5. The molecule has 2 aromatic carbocycles. The Morgan fingerprint density at radius 3 is 2.26 bits per heavy atom. The Labute approximate surface area is 206 Å². The molecule has 0 spiro atoms. The number of nitrogens with one attached hydrogen (secondary N) is 1. The van der Waals surface area contributed by atoms with Crippen LogP contribution >= 0.6 is 0 Å². The summed E-state index contributed by atoms with van der Waals surface area (Å²) in [6, 6.07) is 15.5. The predicted octanol–water partition coefficient (Wildman–Crippen LogP) is 4.80. The highest BCUT2D eigenvalue weighted by Crippen LogP contribution is 2.44. The van der Waals surface area contributed by atoms with Gasteiger partial charge in [-0.3, -0.25) is 9.59 Å². The fraction of sp³-hybridized carbons (Fsp3) is 0.464. The molecule has 1 aliphatic heterocycles. The summed E-state index contributed by atoms with van der Waals surface area (Å²) in [7, 11) is 0. The number of carboxylic acids is 1. The minimum Gasteiger partial charge on any atom is -0.481 e. The number of rotatable bonds is 9. The molecule has 1 fully saturated rings. The molecule has 2 atom stereocenters. The van der Waals surface area contributed by atoms with Crippen LogP contribution in [0.3, 0.4) is 0 Å². The van der Waals surface area contributed by atoms with Crippen molar-refractivity contribution in [2.24, 2.45) is 5.41 Å². The average Bonchev–Trinajstić information content (AvgIpc) is 3.46. The first-order valence-electron chi connectivity index (χ1n) is 12.5. The zero-order valence-electron chi connectivity index (χ0n) is 20.5. The van der Waals surface area contributed by atoms with E-state index in [1.165, 1.54) is 0 Å². The van der Waals surface area contributed by atoms with Gasteiger partial charge < -0.3 is 20.1 Å². The third-order valence-corrected chi connectivity index (χ3v) is 7.58.